The molecule has 0 aliphatic heterocycles. The van der Waals surface area contributed by atoms with Crippen LogP contribution in [0.5, 0.6) is 0 Å². The van der Waals surface area contributed by atoms with Crippen LogP contribution in [0.4, 0.5) is 0 Å². The molecule has 1 amide bonds. The Morgan fingerprint density at radius 3 is 2.71 bits per heavy atom. The average molecular weight is 283 g/mol. The molecule has 0 saturated carbocycles. The van der Waals surface area contributed by atoms with Crippen LogP contribution in [0.1, 0.15) is 29.2 Å². The van der Waals surface area contributed by atoms with Gasteiger partial charge in [-0.3, -0.25) is 9.59 Å². The molecule has 0 spiro atoms. The summed E-state index contributed by atoms with van der Waals surface area (Å²) in [6, 6.07) is 10.1. The molecule has 6 heteroatoms. The fraction of sp³-hybridized carbons (Fsp3) is 0.133. The lowest BCUT2D eigenvalue weighted by Crippen LogP contribution is -2.28. The average Bonchev–Trinajstić information content (AvgIpc) is 3.02. The van der Waals surface area contributed by atoms with E-state index in [1.54, 1.807) is 42.7 Å². The molecule has 3 rings (SSSR count). The lowest BCUT2D eigenvalue weighted by Gasteiger charge is -2.11. The number of H-pyrrole nitrogens is 1. The highest BCUT2D eigenvalue weighted by Gasteiger charge is 2.17. The van der Waals surface area contributed by atoms with E-state index >= 15 is 0 Å². The first-order valence-corrected chi connectivity index (χ1v) is 6.48. The molecule has 106 valence electrons. The van der Waals surface area contributed by atoms with Crippen molar-refractivity contribution in [3.05, 3.63) is 64.5 Å². The van der Waals surface area contributed by atoms with E-state index in [1.807, 2.05) is 6.92 Å². The highest BCUT2D eigenvalue weighted by atomic mass is 16.3. The van der Waals surface area contributed by atoms with Crippen molar-refractivity contribution in [1.29, 1.82) is 0 Å². The molecule has 21 heavy (non-hydrogen) atoms. The lowest BCUT2D eigenvalue weighted by atomic mass is 10.1. The summed E-state index contributed by atoms with van der Waals surface area (Å²) >= 11 is 0. The summed E-state index contributed by atoms with van der Waals surface area (Å²) in [6.45, 7) is 1.81. The lowest BCUT2D eigenvalue weighted by molar-refractivity contribution is 0.0931. The van der Waals surface area contributed by atoms with Crippen LogP contribution >= 0.6 is 0 Å². The number of aromatic amines is 1. The zero-order valence-electron chi connectivity index (χ0n) is 11.3. The first kappa shape index (κ1) is 13.1. The zero-order valence-corrected chi connectivity index (χ0v) is 11.3. The fourth-order valence-electron chi connectivity index (χ4n) is 2.16. The number of amides is 1. The highest BCUT2D eigenvalue weighted by molar-refractivity contribution is 6.04. The van der Waals surface area contributed by atoms with Crippen LogP contribution in [-0.4, -0.2) is 16.1 Å². The van der Waals surface area contributed by atoms with Gasteiger partial charge in [0, 0.05) is 5.39 Å². The minimum atomic E-state index is -0.369. The van der Waals surface area contributed by atoms with Gasteiger partial charge in [-0.05, 0) is 25.1 Å². The Morgan fingerprint density at radius 2 is 2.00 bits per heavy atom. The van der Waals surface area contributed by atoms with Gasteiger partial charge in [-0.15, -0.1) is 0 Å². The Morgan fingerprint density at radius 1 is 1.24 bits per heavy atom. The molecule has 0 aliphatic carbocycles. The quantitative estimate of drug-likeness (QED) is 0.769. The van der Waals surface area contributed by atoms with Gasteiger partial charge in [0.1, 0.15) is 5.76 Å². The number of nitrogens with zero attached hydrogens (tertiary/aromatic N) is 1. The second kappa shape index (κ2) is 5.24. The molecule has 2 heterocycles. The predicted molar refractivity (Wildman–Crippen MR) is 77.0 cm³/mol. The van der Waals surface area contributed by atoms with Crippen molar-refractivity contribution in [2.24, 2.45) is 0 Å². The summed E-state index contributed by atoms with van der Waals surface area (Å²) in [5.74, 6) is 0.281. The molecule has 1 aromatic carbocycles. The van der Waals surface area contributed by atoms with Crippen LogP contribution in [0.2, 0.25) is 0 Å². The van der Waals surface area contributed by atoms with Gasteiger partial charge in [0.15, 0.2) is 5.69 Å². The number of carbonyl (C=O) groups is 1. The Hall–Kier alpha value is -2.89. The molecule has 0 aliphatic rings. The van der Waals surface area contributed by atoms with Gasteiger partial charge in [-0.1, -0.05) is 18.2 Å². The summed E-state index contributed by atoms with van der Waals surface area (Å²) in [5.41, 5.74) is -0.134. The summed E-state index contributed by atoms with van der Waals surface area (Å²) in [7, 11) is 0. The van der Waals surface area contributed by atoms with E-state index in [4.69, 9.17) is 4.42 Å². The number of rotatable bonds is 3. The third kappa shape index (κ3) is 2.43. The molecule has 6 nitrogen and oxygen atoms in total. The fourth-order valence-corrected chi connectivity index (χ4v) is 2.16. The Kier molecular flexibility index (Phi) is 3.27. The highest BCUT2D eigenvalue weighted by Crippen LogP contribution is 2.16. The van der Waals surface area contributed by atoms with Crippen LogP contribution in [0, 0.1) is 0 Å². The number of hydrogen-bond acceptors (Lipinski definition) is 4. The number of benzene rings is 1. The van der Waals surface area contributed by atoms with Gasteiger partial charge in [-0.25, -0.2) is 5.10 Å². The molecular weight excluding hydrogens is 270 g/mol. The molecule has 2 N–H and O–H groups in total. The number of carbonyl (C=O) groups excluding carboxylic acids is 1. The molecule has 0 unspecified atom stereocenters. The maximum Gasteiger partial charge on any atom is 0.272 e. The molecule has 2 aromatic heterocycles. The van der Waals surface area contributed by atoms with Gasteiger partial charge >= 0.3 is 0 Å². The van der Waals surface area contributed by atoms with Crippen molar-refractivity contribution < 1.29 is 9.21 Å². The maximum atomic E-state index is 12.3. The van der Waals surface area contributed by atoms with E-state index in [0.717, 1.165) is 0 Å². The third-order valence-corrected chi connectivity index (χ3v) is 3.23. The number of nitrogens with one attached hydrogen (secondary N) is 2. The number of aromatic nitrogens is 2. The molecule has 0 saturated heterocycles. The zero-order chi connectivity index (χ0) is 14.8. The van der Waals surface area contributed by atoms with E-state index in [9.17, 15) is 9.59 Å². The monoisotopic (exact) mass is 283 g/mol. The van der Waals surface area contributed by atoms with Crippen LogP contribution in [0.15, 0.2) is 51.9 Å². The van der Waals surface area contributed by atoms with Crippen molar-refractivity contribution in [2.75, 3.05) is 0 Å². The maximum absolute atomic E-state index is 12.3. The third-order valence-electron chi connectivity index (χ3n) is 3.23. The smallest absolute Gasteiger partial charge is 0.272 e. The van der Waals surface area contributed by atoms with Gasteiger partial charge in [0.2, 0.25) is 0 Å². The normalized spacial score (nSPS) is 12.2. The van der Waals surface area contributed by atoms with Crippen LogP contribution in [0.3, 0.4) is 0 Å². The van der Waals surface area contributed by atoms with Gasteiger partial charge in [-0.2, -0.15) is 5.10 Å². The molecule has 0 radical (unpaired) electrons. The first-order valence-electron chi connectivity index (χ1n) is 6.48. The van der Waals surface area contributed by atoms with Gasteiger partial charge in [0.25, 0.3) is 11.5 Å². The Balaban J connectivity index is 1.95. The van der Waals surface area contributed by atoms with E-state index in [0.29, 0.717) is 16.5 Å². The summed E-state index contributed by atoms with van der Waals surface area (Å²) in [4.78, 5) is 24.0. The SMILES string of the molecule is C[C@@H](NC(=O)c1n[nH]c(=O)c2ccccc12)c1ccco1. The molecule has 3 aromatic rings. The Bertz CT molecular complexity index is 837. The second-order valence-corrected chi connectivity index (χ2v) is 4.66. The largest absolute Gasteiger partial charge is 0.467 e. The van der Waals surface area contributed by atoms with Crippen molar-refractivity contribution in [3.8, 4) is 0 Å². The van der Waals surface area contributed by atoms with E-state index in [-0.39, 0.29) is 23.2 Å². The number of hydrogen-bond donors (Lipinski definition) is 2. The standard InChI is InChI=1S/C15H13N3O3/c1-9(12-7-4-8-21-12)16-15(20)13-10-5-2-3-6-11(10)14(19)18-17-13/h2-9H,1H3,(H,16,20)(H,18,19)/t9-/m1/s1. The summed E-state index contributed by atoms with van der Waals surface area (Å²) in [6.07, 6.45) is 1.55. The van der Waals surface area contributed by atoms with Crippen LogP contribution in [-0.2, 0) is 0 Å². The molecule has 0 fully saturated rings. The minimum absolute atomic E-state index is 0.184. The molecule has 0 bridgehead atoms. The van der Waals surface area contributed by atoms with Gasteiger partial charge < -0.3 is 9.73 Å². The first-order chi connectivity index (χ1) is 10.2. The van der Waals surface area contributed by atoms with Crippen molar-refractivity contribution >= 4 is 16.7 Å². The second-order valence-electron chi connectivity index (χ2n) is 4.66. The van der Waals surface area contributed by atoms with Crippen molar-refractivity contribution in [1.82, 2.24) is 15.5 Å². The van der Waals surface area contributed by atoms with E-state index < -0.39 is 0 Å². The van der Waals surface area contributed by atoms with Crippen molar-refractivity contribution in [2.45, 2.75) is 13.0 Å². The van der Waals surface area contributed by atoms with Crippen LogP contribution < -0.4 is 10.9 Å². The van der Waals surface area contributed by atoms with Gasteiger partial charge in [0.05, 0.1) is 17.7 Å². The predicted octanol–water partition coefficient (Wildman–Crippen LogP) is 2.01. The Labute approximate surface area is 119 Å². The van der Waals surface area contributed by atoms with Crippen molar-refractivity contribution in [3.63, 3.8) is 0 Å². The van der Waals surface area contributed by atoms with E-state index in [2.05, 4.69) is 15.5 Å². The summed E-state index contributed by atoms with van der Waals surface area (Å²) < 4.78 is 5.25. The van der Waals surface area contributed by atoms with E-state index in [1.165, 1.54) is 0 Å². The number of fused-ring (bicyclic) bond motifs is 1. The minimum Gasteiger partial charge on any atom is -0.467 e. The van der Waals surface area contributed by atoms with Crippen LogP contribution in [0.25, 0.3) is 10.8 Å². The molecular formula is C15H13N3O3. The summed E-state index contributed by atoms with van der Waals surface area (Å²) in [5, 5.41) is 9.95. The molecule has 1 atom stereocenters. The number of furan rings is 1. The topological polar surface area (TPSA) is 88.0 Å².